The van der Waals surface area contributed by atoms with Gasteiger partial charge in [-0.3, -0.25) is 15.0 Å². The predicted octanol–water partition coefficient (Wildman–Crippen LogP) is 2.89. The van der Waals surface area contributed by atoms with Crippen LogP contribution in [0.2, 0.25) is 0 Å². The second kappa shape index (κ2) is 8.89. The molecule has 0 unspecified atom stereocenters. The molecule has 0 radical (unpaired) electrons. The van der Waals surface area contributed by atoms with E-state index in [9.17, 15) is 18.5 Å². The largest absolute Gasteiger partial charge is 0.491 e. The number of nitro benzene ring substituents is 1. The fourth-order valence-electron chi connectivity index (χ4n) is 3.34. The number of benzene rings is 2. The van der Waals surface area contributed by atoms with E-state index >= 15 is 0 Å². The van der Waals surface area contributed by atoms with E-state index in [4.69, 9.17) is 4.74 Å². The Morgan fingerprint density at radius 2 is 1.76 bits per heavy atom. The third-order valence-electron chi connectivity index (χ3n) is 4.69. The average molecular weight is 420 g/mol. The molecule has 0 bridgehead atoms. The second-order valence-electron chi connectivity index (χ2n) is 7.22. The zero-order valence-electron chi connectivity index (χ0n) is 16.5. The molecule has 29 heavy (non-hydrogen) atoms. The lowest BCUT2D eigenvalue weighted by molar-refractivity contribution is -0.387. The summed E-state index contributed by atoms with van der Waals surface area (Å²) >= 11 is 0. The molecule has 1 aliphatic rings. The highest BCUT2D eigenvalue weighted by Gasteiger charge is 2.33. The van der Waals surface area contributed by atoms with Crippen molar-refractivity contribution in [1.29, 1.82) is 0 Å². The molecule has 0 N–H and O–H groups in total. The summed E-state index contributed by atoms with van der Waals surface area (Å²) < 4.78 is 32.9. The number of para-hydroxylation sites is 1. The van der Waals surface area contributed by atoms with Crippen molar-refractivity contribution < 1.29 is 18.1 Å². The third kappa shape index (κ3) is 5.11. The van der Waals surface area contributed by atoms with E-state index in [1.54, 1.807) is 0 Å². The highest BCUT2D eigenvalue weighted by Crippen LogP contribution is 2.27. The van der Waals surface area contributed by atoms with Gasteiger partial charge in [0.25, 0.3) is 5.69 Å². The first-order valence-corrected chi connectivity index (χ1v) is 10.9. The van der Waals surface area contributed by atoms with Gasteiger partial charge in [0, 0.05) is 38.8 Å². The molecule has 1 saturated heterocycles. The van der Waals surface area contributed by atoms with Crippen LogP contribution < -0.4 is 4.74 Å². The quantitative estimate of drug-likeness (QED) is 0.506. The van der Waals surface area contributed by atoms with Crippen molar-refractivity contribution >= 4 is 15.7 Å². The third-order valence-corrected chi connectivity index (χ3v) is 6.63. The standard InChI is InChI=1S/C20H25N3O5S/c1-16(2)28-18-7-5-6-17(14-18)15-21-10-12-22(13-11-21)29(26,27)20-9-4-3-8-19(20)23(24)25/h3-9,14,16H,10-13,15H2,1-2H3. The molecule has 0 atom stereocenters. The minimum absolute atomic E-state index is 0.0982. The van der Waals surface area contributed by atoms with Crippen molar-refractivity contribution in [2.24, 2.45) is 0 Å². The number of hydrogen-bond donors (Lipinski definition) is 0. The Balaban J connectivity index is 1.66. The molecule has 0 amide bonds. The lowest BCUT2D eigenvalue weighted by Gasteiger charge is -2.33. The molecule has 0 aromatic heterocycles. The number of hydrogen-bond acceptors (Lipinski definition) is 6. The van der Waals surface area contributed by atoms with E-state index in [1.807, 2.05) is 38.1 Å². The van der Waals surface area contributed by atoms with Gasteiger partial charge in [0.1, 0.15) is 5.75 Å². The Labute approximate surface area is 170 Å². The van der Waals surface area contributed by atoms with Gasteiger partial charge in [-0.25, -0.2) is 8.42 Å². The van der Waals surface area contributed by atoms with Crippen molar-refractivity contribution in [3.8, 4) is 5.75 Å². The molecule has 0 saturated carbocycles. The molecule has 0 aliphatic carbocycles. The molecule has 3 rings (SSSR count). The number of sulfonamides is 1. The topological polar surface area (TPSA) is 93.0 Å². The molecule has 2 aromatic rings. The van der Waals surface area contributed by atoms with E-state index in [2.05, 4.69) is 4.90 Å². The fraction of sp³-hybridized carbons (Fsp3) is 0.400. The zero-order chi connectivity index (χ0) is 21.0. The van der Waals surface area contributed by atoms with E-state index in [0.717, 1.165) is 11.3 Å². The Bertz CT molecular complexity index is 970. The number of nitro groups is 1. The van der Waals surface area contributed by atoms with E-state index in [1.165, 1.54) is 28.6 Å². The highest BCUT2D eigenvalue weighted by molar-refractivity contribution is 7.89. The fourth-order valence-corrected chi connectivity index (χ4v) is 4.92. The number of ether oxygens (including phenoxy) is 1. The SMILES string of the molecule is CC(C)Oc1cccc(CN2CCN(S(=O)(=O)c3ccccc3[N+](=O)[O-])CC2)c1. The summed E-state index contributed by atoms with van der Waals surface area (Å²) in [6, 6.07) is 13.4. The Hall–Kier alpha value is -2.49. The molecular formula is C20H25N3O5S. The van der Waals surface area contributed by atoms with Crippen LogP contribution in [0.5, 0.6) is 5.75 Å². The molecule has 1 fully saturated rings. The van der Waals surface area contributed by atoms with E-state index in [-0.39, 0.29) is 24.1 Å². The maximum Gasteiger partial charge on any atom is 0.289 e. The van der Waals surface area contributed by atoms with Gasteiger partial charge in [-0.1, -0.05) is 24.3 Å². The highest BCUT2D eigenvalue weighted by atomic mass is 32.2. The van der Waals surface area contributed by atoms with Gasteiger partial charge in [-0.2, -0.15) is 4.31 Å². The van der Waals surface area contributed by atoms with Gasteiger partial charge in [0.2, 0.25) is 10.0 Å². The van der Waals surface area contributed by atoms with Gasteiger partial charge in [-0.05, 0) is 37.6 Å². The summed E-state index contributed by atoms with van der Waals surface area (Å²) in [7, 11) is -3.91. The van der Waals surface area contributed by atoms with Gasteiger partial charge < -0.3 is 4.74 Å². The maximum absolute atomic E-state index is 12.9. The number of nitrogens with zero attached hydrogens (tertiary/aromatic N) is 3. The Morgan fingerprint density at radius 3 is 2.41 bits per heavy atom. The summed E-state index contributed by atoms with van der Waals surface area (Å²) in [5, 5.41) is 11.2. The summed E-state index contributed by atoms with van der Waals surface area (Å²) in [6.45, 7) is 6.32. The molecule has 8 nitrogen and oxygen atoms in total. The van der Waals surface area contributed by atoms with Crippen molar-refractivity contribution in [1.82, 2.24) is 9.21 Å². The lowest BCUT2D eigenvalue weighted by atomic mass is 10.2. The number of rotatable bonds is 7. The van der Waals surface area contributed by atoms with Gasteiger partial charge in [0.05, 0.1) is 11.0 Å². The van der Waals surface area contributed by atoms with Crippen molar-refractivity contribution in [3.05, 3.63) is 64.2 Å². The van der Waals surface area contributed by atoms with Crippen LogP contribution in [-0.2, 0) is 16.6 Å². The van der Waals surface area contributed by atoms with Crippen LogP contribution in [0.15, 0.2) is 53.4 Å². The molecule has 2 aromatic carbocycles. The maximum atomic E-state index is 12.9. The Morgan fingerprint density at radius 1 is 1.07 bits per heavy atom. The van der Waals surface area contributed by atoms with Gasteiger partial charge >= 0.3 is 0 Å². The van der Waals surface area contributed by atoms with E-state index in [0.29, 0.717) is 19.6 Å². The molecule has 156 valence electrons. The lowest BCUT2D eigenvalue weighted by Crippen LogP contribution is -2.48. The first kappa shape index (κ1) is 21.2. The predicted molar refractivity (Wildman–Crippen MR) is 109 cm³/mol. The van der Waals surface area contributed by atoms with Crippen LogP contribution in [0.1, 0.15) is 19.4 Å². The minimum atomic E-state index is -3.91. The van der Waals surface area contributed by atoms with Crippen molar-refractivity contribution in [3.63, 3.8) is 0 Å². The average Bonchev–Trinajstić information content (AvgIpc) is 2.68. The van der Waals surface area contributed by atoms with Crippen LogP contribution in [0, 0.1) is 10.1 Å². The van der Waals surface area contributed by atoms with Crippen molar-refractivity contribution in [2.75, 3.05) is 26.2 Å². The summed E-state index contributed by atoms with van der Waals surface area (Å²) in [4.78, 5) is 12.5. The normalized spacial score (nSPS) is 16.1. The first-order chi connectivity index (χ1) is 13.8. The van der Waals surface area contributed by atoms with Crippen LogP contribution in [0.4, 0.5) is 5.69 Å². The molecular weight excluding hydrogens is 394 g/mol. The smallest absolute Gasteiger partial charge is 0.289 e. The number of piperazine rings is 1. The summed E-state index contributed by atoms with van der Waals surface area (Å²) in [5.74, 6) is 0.815. The summed E-state index contributed by atoms with van der Waals surface area (Å²) in [6.07, 6.45) is 0.0982. The molecule has 9 heteroatoms. The molecule has 0 spiro atoms. The van der Waals surface area contributed by atoms with Gasteiger partial charge in [0.15, 0.2) is 4.90 Å². The van der Waals surface area contributed by atoms with Crippen LogP contribution in [0.3, 0.4) is 0 Å². The minimum Gasteiger partial charge on any atom is -0.491 e. The molecule has 1 aliphatic heterocycles. The van der Waals surface area contributed by atoms with Crippen LogP contribution in [0.25, 0.3) is 0 Å². The summed E-state index contributed by atoms with van der Waals surface area (Å²) in [5.41, 5.74) is 0.704. The first-order valence-electron chi connectivity index (χ1n) is 9.49. The van der Waals surface area contributed by atoms with Crippen molar-refractivity contribution in [2.45, 2.75) is 31.4 Å². The van der Waals surface area contributed by atoms with Crippen LogP contribution >= 0.6 is 0 Å². The Kier molecular flexibility index (Phi) is 6.51. The van der Waals surface area contributed by atoms with E-state index < -0.39 is 20.6 Å². The monoisotopic (exact) mass is 419 g/mol. The molecule has 1 heterocycles. The second-order valence-corrected chi connectivity index (χ2v) is 9.13. The van der Waals surface area contributed by atoms with Crippen LogP contribution in [-0.4, -0.2) is 54.8 Å². The zero-order valence-corrected chi connectivity index (χ0v) is 17.3. The van der Waals surface area contributed by atoms with Gasteiger partial charge in [-0.15, -0.1) is 0 Å².